The fraction of sp³-hybridized carbons (Fsp3) is 0.500. The van der Waals surface area contributed by atoms with Crippen LogP contribution in [0.4, 0.5) is 5.69 Å². The molecule has 1 atom stereocenters. The van der Waals surface area contributed by atoms with E-state index in [1.807, 2.05) is 18.2 Å². The van der Waals surface area contributed by atoms with Crippen molar-refractivity contribution in [2.24, 2.45) is 5.92 Å². The Labute approximate surface area is 149 Å². The second-order valence-electron chi connectivity index (χ2n) is 6.73. The van der Waals surface area contributed by atoms with Gasteiger partial charge in [0.15, 0.2) is 0 Å². The number of carbonyl (C=O) groups excluding carboxylic acids is 2. The molecule has 25 heavy (non-hydrogen) atoms. The molecule has 134 valence electrons. The summed E-state index contributed by atoms with van der Waals surface area (Å²) < 4.78 is 5.49. The normalized spacial score (nSPS) is 19.8. The van der Waals surface area contributed by atoms with Crippen molar-refractivity contribution in [3.8, 4) is 0 Å². The molecule has 0 spiro atoms. The molecule has 0 aromatic heterocycles. The molecule has 1 fully saturated rings. The van der Waals surface area contributed by atoms with Gasteiger partial charge in [0.2, 0.25) is 5.91 Å². The molecule has 1 saturated heterocycles. The maximum absolute atomic E-state index is 12.6. The van der Waals surface area contributed by atoms with Gasteiger partial charge in [-0.3, -0.25) is 9.59 Å². The zero-order valence-electron chi connectivity index (χ0n) is 14.6. The molecular formula is C20H26N2O3. The molecular weight excluding hydrogens is 316 g/mol. The van der Waals surface area contributed by atoms with Crippen molar-refractivity contribution in [2.75, 3.05) is 31.2 Å². The Morgan fingerprint density at radius 2 is 2.24 bits per heavy atom. The topological polar surface area (TPSA) is 58.6 Å². The first kappa shape index (κ1) is 17.7. The Balaban J connectivity index is 1.66. The van der Waals surface area contributed by atoms with Crippen LogP contribution in [-0.4, -0.2) is 38.1 Å². The van der Waals surface area contributed by atoms with Gasteiger partial charge in [0.05, 0.1) is 0 Å². The fourth-order valence-electron chi connectivity index (χ4n) is 3.70. The number of hydrogen-bond donors (Lipinski definition) is 1. The zero-order valence-corrected chi connectivity index (χ0v) is 14.6. The van der Waals surface area contributed by atoms with E-state index < -0.39 is 0 Å². The minimum atomic E-state index is -0.115. The van der Waals surface area contributed by atoms with Crippen LogP contribution in [0.3, 0.4) is 0 Å². The van der Waals surface area contributed by atoms with Gasteiger partial charge in [0.25, 0.3) is 5.91 Å². The van der Waals surface area contributed by atoms with Gasteiger partial charge in [0, 0.05) is 37.6 Å². The monoisotopic (exact) mass is 342 g/mol. The number of ether oxygens (including phenoxy) is 1. The van der Waals surface area contributed by atoms with E-state index in [9.17, 15) is 9.59 Å². The van der Waals surface area contributed by atoms with E-state index in [1.54, 1.807) is 4.90 Å². The lowest BCUT2D eigenvalue weighted by atomic mass is 9.95. The highest BCUT2D eigenvalue weighted by molar-refractivity contribution is 6.04. The Hall–Kier alpha value is -2.14. The number of amides is 2. The van der Waals surface area contributed by atoms with Gasteiger partial charge in [-0.25, -0.2) is 0 Å². The maximum Gasteiger partial charge on any atom is 0.251 e. The van der Waals surface area contributed by atoms with Crippen molar-refractivity contribution in [3.63, 3.8) is 0 Å². The zero-order chi connectivity index (χ0) is 17.6. The highest BCUT2D eigenvalue weighted by Crippen LogP contribution is 2.30. The molecule has 1 aromatic rings. The summed E-state index contributed by atoms with van der Waals surface area (Å²) in [5.74, 6) is 0.372. The van der Waals surface area contributed by atoms with E-state index in [0.29, 0.717) is 24.6 Å². The van der Waals surface area contributed by atoms with E-state index in [1.165, 1.54) is 12.5 Å². The highest BCUT2D eigenvalue weighted by atomic mass is 16.5. The summed E-state index contributed by atoms with van der Waals surface area (Å²) in [6, 6.07) is 5.60. The van der Waals surface area contributed by atoms with Crippen LogP contribution >= 0.6 is 0 Å². The lowest BCUT2D eigenvalue weighted by molar-refractivity contribution is -0.114. The minimum Gasteiger partial charge on any atom is -0.381 e. The number of anilines is 1. The standard InChI is InChI=1S/C20H26N2O3/c1-2-19(23)22-12-4-8-16-17(7-3-9-18(16)22)20(24)21-11-10-15-6-5-13-25-14-15/h2-3,7,9,15H,1,4-6,8,10-14H2,(H,21,24). The third kappa shape index (κ3) is 4.10. The number of benzene rings is 1. The van der Waals surface area contributed by atoms with E-state index in [0.717, 1.165) is 50.1 Å². The highest BCUT2D eigenvalue weighted by Gasteiger charge is 2.24. The van der Waals surface area contributed by atoms with Gasteiger partial charge in [-0.15, -0.1) is 0 Å². The van der Waals surface area contributed by atoms with Crippen LogP contribution in [0.2, 0.25) is 0 Å². The summed E-state index contributed by atoms with van der Waals surface area (Å²) in [6.45, 7) is 6.56. The summed E-state index contributed by atoms with van der Waals surface area (Å²) in [4.78, 5) is 26.4. The van der Waals surface area contributed by atoms with E-state index in [-0.39, 0.29) is 11.8 Å². The lowest BCUT2D eigenvalue weighted by Gasteiger charge is -2.30. The number of rotatable bonds is 5. The second-order valence-corrected chi connectivity index (χ2v) is 6.73. The molecule has 5 heteroatoms. The minimum absolute atomic E-state index is 0.0542. The van der Waals surface area contributed by atoms with Crippen LogP contribution < -0.4 is 10.2 Å². The number of carbonyl (C=O) groups is 2. The van der Waals surface area contributed by atoms with E-state index >= 15 is 0 Å². The maximum atomic E-state index is 12.6. The predicted octanol–water partition coefficient (Wildman–Crippen LogP) is 2.70. The molecule has 3 rings (SSSR count). The van der Waals surface area contributed by atoms with E-state index in [2.05, 4.69) is 11.9 Å². The largest absolute Gasteiger partial charge is 0.381 e. The molecule has 2 amide bonds. The average molecular weight is 342 g/mol. The summed E-state index contributed by atoms with van der Waals surface area (Å²) in [5.41, 5.74) is 2.48. The Morgan fingerprint density at radius 3 is 3.00 bits per heavy atom. The van der Waals surface area contributed by atoms with Crippen molar-refractivity contribution in [1.82, 2.24) is 5.32 Å². The second kappa shape index (κ2) is 8.30. The van der Waals surface area contributed by atoms with Crippen molar-refractivity contribution in [1.29, 1.82) is 0 Å². The van der Waals surface area contributed by atoms with Gasteiger partial charge in [-0.2, -0.15) is 0 Å². The molecule has 0 radical (unpaired) electrons. The first-order valence-electron chi connectivity index (χ1n) is 9.12. The predicted molar refractivity (Wildman–Crippen MR) is 97.8 cm³/mol. The van der Waals surface area contributed by atoms with Crippen LogP contribution in [0.25, 0.3) is 0 Å². The summed E-state index contributed by atoms with van der Waals surface area (Å²) >= 11 is 0. The first-order chi connectivity index (χ1) is 12.2. The van der Waals surface area contributed by atoms with Gasteiger partial charge in [0.1, 0.15) is 0 Å². The van der Waals surface area contributed by atoms with Gasteiger partial charge >= 0.3 is 0 Å². The molecule has 2 aliphatic heterocycles. The molecule has 1 N–H and O–H groups in total. The van der Waals surface area contributed by atoms with Gasteiger partial charge in [-0.1, -0.05) is 12.6 Å². The molecule has 2 aliphatic rings. The molecule has 0 aliphatic carbocycles. The van der Waals surface area contributed by atoms with Crippen molar-refractivity contribution in [2.45, 2.75) is 32.1 Å². The van der Waals surface area contributed by atoms with Gasteiger partial charge < -0.3 is 15.0 Å². The number of nitrogens with one attached hydrogen (secondary N) is 1. The molecule has 0 saturated carbocycles. The van der Waals surface area contributed by atoms with E-state index in [4.69, 9.17) is 4.74 Å². The molecule has 1 aromatic carbocycles. The number of hydrogen-bond acceptors (Lipinski definition) is 3. The van der Waals surface area contributed by atoms with Crippen LogP contribution in [0.1, 0.15) is 41.6 Å². The summed E-state index contributed by atoms with van der Waals surface area (Å²) in [6.07, 6.45) is 6.23. The first-order valence-corrected chi connectivity index (χ1v) is 9.12. The molecule has 5 nitrogen and oxygen atoms in total. The molecule has 0 bridgehead atoms. The van der Waals surface area contributed by atoms with Crippen LogP contribution in [0, 0.1) is 5.92 Å². The molecule has 1 unspecified atom stereocenters. The summed E-state index contributed by atoms with van der Waals surface area (Å²) in [7, 11) is 0. The van der Waals surface area contributed by atoms with Crippen LogP contribution in [0.5, 0.6) is 0 Å². The van der Waals surface area contributed by atoms with Gasteiger partial charge in [-0.05, 0) is 61.8 Å². The fourth-order valence-corrected chi connectivity index (χ4v) is 3.70. The Kier molecular flexibility index (Phi) is 5.87. The summed E-state index contributed by atoms with van der Waals surface area (Å²) in [5, 5.41) is 3.04. The molecule has 2 heterocycles. The third-order valence-corrected chi connectivity index (χ3v) is 5.03. The van der Waals surface area contributed by atoms with Crippen molar-refractivity contribution in [3.05, 3.63) is 42.0 Å². The SMILES string of the molecule is C=CC(=O)N1CCCc2c(C(=O)NCCC3CCCOC3)cccc21. The van der Waals surface area contributed by atoms with Crippen LogP contribution in [0.15, 0.2) is 30.9 Å². The smallest absolute Gasteiger partial charge is 0.251 e. The third-order valence-electron chi connectivity index (χ3n) is 5.03. The quantitative estimate of drug-likeness (QED) is 0.837. The lowest BCUT2D eigenvalue weighted by Crippen LogP contribution is -2.36. The van der Waals surface area contributed by atoms with Crippen molar-refractivity contribution < 1.29 is 14.3 Å². The number of nitrogens with zero attached hydrogens (tertiary/aromatic N) is 1. The average Bonchev–Trinajstić information content (AvgIpc) is 2.67. The Morgan fingerprint density at radius 1 is 1.36 bits per heavy atom. The Bertz CT molecular complexity index is 650. The number of fused-ring (bicyclic) bond motifs is 1. The van der Waals surface area contributed by atoms with Crippen LogP contribution in [-0.2, 0) is 16.0 Å². The van der Waals surface area contributed by atoms with Crippen molar-refractivity contribution >= 4 is 17.5 Å².